The molecular formula is C14H14IN3OS. The van der Waals surface area contributed by atoms with E-state index in [-0.39, 0.29) is 12.1 Å². The van der Waals surface area contributed by atoms with Gasteiger partial charge in [0.05, 0.1) is 9.05 Å². The number of aromatic nitrogens is 1. The van der Waals surface area contributed by atoms with Crippen LogP contribution < -0.4 is 5.32 Å². The summed E-state index contributed by atoms with van der Waals surface area (Å²) in [6.45, 7) is 2.26. The number of amides is 1. The van der Waals surface area contributed by atoms with Crippen LogP contribution in [0.3, 0.4) is 0 Å². The van der Waals surface area contributed by atoms with Crippen LogP contribution in [-0.4, -0.2) is 35.0 Å². The van der Waals surface area contributed by atoms with Crippen molar-refractivity contribution in [2.75, 3.05) is 13.1 Å². The third-order valence-electron chi connectivity index (χ3n) is 4.22. The van der Waals surface area contributed by atoms with Crippen molar-refractivity contribution in [2.24, 2.45) is 5.92 Å². The van der Waals surface area contributed by atoms with Crippen LogP contribution in [0, 0.1) is 8.80 Å². The zero-order valence-corrected chi connectivity index (χ0v) is 13.8. The summed E-state index contributed by atoms with van der Waals surface area (Å²) in [7, 11) is 0. The Kier molecular flexibility index (Phi) is 3.19. The Bertz CT molecular complexity index is 686. The van der Waals surface area contributed by atoms with E-state index in [1.807, 2.05) is 6.07 Å². The molecule has 6 heteroatoms. The Morgan fingerprint density at radius 2 is 2.40 bits per heavy atom. The zero-order valence-electron chi connectivity index (χ0n) is 10.8. The molecule has 2 aromatic rings. The highest BCUT2D eigenvalue weighted by molar-refractivity contribution is 14.1. The van der Waals surface area contributed by atoms with Gasteiger partial charge in [0, 0.05) is 29.4 Å². The largest absolute Gasteiger partial charge is 0.335 e. The fraction of sp³-hybridized carbons (Fsp3) is 0.429. The molecule has 0 radical (unpaired) electrons. The lowest BCUT2D eigenvalue weighted by Gasteiger charge is -2.25. The second kappa shape index (κ2) is 4.92. The minimum absolute atomic E-state index is 0.0483. The highest BCUT2D eigenvalue weighted by Crippen LogP contribution is 2.31. The van der Waals surface area contributed by atoms with Gasteiger partial charge < -0.3 is 5.32 Å². The maximum absolute atomic E-state index is 12.3. The summed E-state index contributed by atoms with van der Waals surface area (Å²) in [5.74, 6) is 0.725. The second-order valence-corrected chi connectivity index (χ2v) is 8.51. The molecule has 3 atom stereocenters. The predicted octanol–water partition coefficient (Wildman–Crippen LogP) is 2.68. The molecule has 2 aromatic heterocycles. The summed E-state index contributed by atoms with van der Waals surface area (Å²) < 4.78 is 2.35. The molecule has 2 aliphatic heterocycles. The Balaban J connectivity index is 1.54. The molecule has 3 unspecified atom stereocenters. The Hall–Kier alpha value is -0.730. The molecule has 104 valence electrons. The number of halogens is 1. The van der Waals surface area contributed by atoms with E-state index in [0.717, 1.165) is 35.5 Å². The number of rotatable bonds is 2. The molecule has 2 aliphatic rings. The lowest BCUT2D eigenvalue weighted by Crippen LogP contribution is -2.45. The highest BCUT2D eigenvalue weighted by atomic mass is 127. The van der Waals surface area contributed by atoms with Crippen molar-refractivity contribution in [1.82, 2.24) is 15.2 Å². The van der Waals surface area contributed by atoms with Gasteiger partial charge in [0.1, 0.15) is 5.69 Å². The minimum Gasteiger partial charge on any atom is -0.335 e. The number of thiophene rings is 1. The fourth-order valence-electron chi connectivity index (χ4n) is 3.20. The predicted molar refractivity (Wildman–Crippen MR) is 87.9 cm³/mol. The molecule has 0 aromatic carbocycles. The van der Waals surface area contributed by atoms with Crippen LogP contribution in [-0.2, 0) is 0 Å². The van der Waals surface area contributed by atoms with E-state index in [1.165, 1.54) is 9.30 Å². The number of fused-ring (bicyclic) bond motifs is 3. The van der Waals surface area contributed by atoms with Gasteiger partial charge >= 0.3 is 0 Å². The maximum atomic E-state index is 12.3. The Morgan fingerprint density at radius 1 is 1.50 bits per heavy atom. The molecule has 0 aliphatic carbocycles. The highest BCUT2D eigenvalue weighted by Gasteiger charge is 2.38. The number of hydrogen-bond acceptors (Lipinski definition) is 4. The molecule has 2 bridgehead atoms. The van der Waals surface area contributed by atoms with Crippen molar-refractivity contribution in [2.45, 2.75) is 19.0 Å². The van der Waals surface area contributed by atoms with E-state index in [1.54, 1.807) is 17.5 Å². The maximum Gasteiger partial charge on any atom is 0.271 e. The van der Waals surface area contributed by atoms with Crippen LogP contribution in [0.4, 0.5) is 0 Å². The first-order valence-corrected chi connectivity index (χ1v) is 8.68. The SMILES string of the molecule is O=C(NC1CC2CCN1C2)c1cc2sc(I)cc2cn1. The van der Waals surface area contributed by atoms with Gasteiger partial charge in [-0.1, -0.05) is 0 Å². The summed E-state index contributed by atoms with van der Waals surface area (Å²) >= 11 is 3.99. The van der Waals surface area contributed by atoms with Crippen molar-refractivity contribution in [3.63, 3.8) is 0 Å². The van der Waals surface area contributed by atoms with Crippen LogP contribution in [0.1, 0.15) is 23.3 Å². The summed E-state index contributed by atoms with van der Waals surface area (Å²) in [6.07, 6.45) is 4.38. The van der Waals surface area contributed by atoms with Crippen LogP contribution in [0.25, 0.3) is 10.1 Å². The molecular weight excluding hydrogens is 385 g/mol. The molecule has 4 nitrogen and oxygen atoms in total. The van der Waals surface area contributed by atoms with E-state index in [2.05, 4.69) is 43.9 Å². The zero-order chi connectivity index (χ0) is 13.7. The van der Waals surface area contributed by atoms with E-state index in [0.29, 0.717) is 5.69 Å². The Morgan fingerprint density at radius 3 is 3.15 bits per heavy atom. The van der Waals surface area contributed by atoms with Crippen molar-refractivity contribution in [3.05, 3.63) is 26.9 Å². The number of piperidine rings is 1. The Labute approximate surface area is 134 Å². The summed E-state index contributed by atoms with van der Waals surface area (Å²) in [5, 5.41) is 4.24. The first-order valence-electron chi connectivity index (χ1n) is 6.79. The molecule has 0 saturated carbocycles. The first-order chi connectivity index (χ1) is 9.69. The average Bonchev–Trinajstić information content (AvgIpc) is 3.10. The van der Waals surface area contributed by atoms with Crippen LogP contribution in [0.5, 0.6) is 0 Å². The topological polar surface area (TPSA) is 45.2 Å². The lowest BCUT2D eigenvalue weighted by atomic mass is 10.0. The van der Waals surface area contributed by atoms with Crippen molar-refractivity contribution < 1.29 is 4.79 Å². The molecule has 1 amide bonds. The fourth-order valence-corrected chi connectivity index (χ4v) is 5.05. The minimum atomic E-state index is -0.0483. The second-order valence-electron chi connectivity index (χ2n) is 5.53. The van der Waals surface area contributed by atoms with Crippen LogP contribution in [0.2, 0.25) is 0 Å². The smallest absolute Gasteiger partial charge is 0.271 e. The van der Waals surface area contributed by atoms with Crippen LogP contribution >= 0.6 is 33.9 Å². The van der Waals surface area contributed by atoms with Crippen molar-refractivity contribution in [1.29, 1.82) is 0 Å². The quantitative estimate of drug-likeness (QED) is 0.790. The average molecular weight is 399 g/mol. The summed E-state index contributed by atoms with van der Waals surface area (Å²) in [6, 6.07) is 4.00. The van der Waals surface area contributed by atoms with Gasteiger partial charge in [-0.25, -0.2) is 0 Å². The molecule has 4 rings (SSSR count). The molecule has 20 heavy (non-hydrogen) atoms. The summed E-state index contributed by atoms with van der Waals surface area (Å²) in [4.78, 5) is 19.0. The molecule has 2 saturated heterocycles. The third-order valence-corrected chi connectivity index (χ3v) is 6.07. The molecule has 0 spiro atoms. The number of carbonyl (C=O) groups excluding carboxylic acids is 1. The molecule has 1 N–H and O–H groups in total. The van der Waals surface area contributed by atoms with Gasteiger partial charge in [0.25, 0.3) is 5.91 Å². The van der Waals surface area contributed by atoms with Crippen molar-refractivity contribution in [3.8, 4) is 0 Å². The number of carbonyl (C=O) groups is 1. The molecule has 2 fully saturated rings. The standard InChI is InChI=1S/C14H14IN3OS/c15-12-4-9-6-16-10(5-11(9)20-12)14(19)17-13-3-8-1-2-18(13)7-8/h4-6,8,13H,1-3,7H2,(H,17,19). The van der Waals surface area contributed by atoms with Gasteiger partial charge in [0.2, 0.25) is 0 Å². The monoisotopic (exact) mass is 399 g/mol. The van der Waals surface area contributed by atoms with Gasteiger partial charge in [-0.3, -0.25) is 14.7 Å². The first kappa shape index (κ1) is 13.0. The van der Waals surface area contributed by atoms with Gasteiger partial charge in [-0.15, -0.1) is 11.3 Å². The van der Waals surface area contributed by atoms with Gasteiger partial charge in [-0.05, 0) is 53.5 Å². The van der Waals surface area contributed by atoms with E-state index >= 15 is 0 Å². The van der Waals surface area contributed by atoms with Crippen LogP contribution in [0.15, 0.2) is 18.3 Å². The number of hydrogen-bond donors (Lipinski definition) is 1. The lowest BCUT2D eigenvalue weighted by molar-refractivity contribution is 0.0878. The van der Waals surface area contributed by atoms with E-state index in [4.69, 9.17) is 0 Å². The van der Waals surface area contributed by atoms with Gasteiger partial charge in [0.15, 0.2) is 0 Å². The normalized spacial score (nSPS) is 28.1. The van der Waals surface area contributed by atoms with E-state index < -0.39 is 0 Å². The summed E-state index contributed by atoms with van der Waals surface area (Å²) in [5.41, 5.74) is 0.528. The number of nitrogens with zero attached hydrogens (tertiary/aromatic N) is 2. The van der Waals surface area contributed by atoms with Crippen molar-refractivity contribution >= 4 is 49.9 Å². The number of pyridine rings is 1. The molecule has 4 heterocycles. The number of nitrogens with one attached hydrogen (secondary N) is 1. The van der Waals surface area contributed by atoms with Gasteiger partial charge in [-0.2, -0.15) is 0 Å². The third kappa shape index (κ3) is 2.23. The van der Waals surface area contributed by atoms with E-state index in [9.17, 15) is 4.79 Å².